The molecule has 5 heteroatoms. The summed E-state index contributed by atoms with van der Waals surface area (Å²) in [5.41, 5.74) is 1.02. The van der Waals surface area contributed by atoms with Gasteiger partial charge in [-0.15, -0.1) is 11.3 Å². The number of rotatable bonds is 4. The number of anilines is 1. The number of carbonyl (C=O) groups excluding carboxylic acids is 1. The van der Waals surface area contributed by atoms with Gasteiger partial charge in [-0.1, -0.05) is 0 Å². The Hall–Kier alpha value is -1.10. The van der Waals surface area contributed by atoms with Crippen LogP contribution < -0.4 is 4.90 Å². The zero-order valence-corrected chi connectivity index (χ0v) is 11.4. The number of esters is 1. The van der Waals surface area contributed by atoms with Crippen LogP contribution in [0.4, 0.5) is 5.13 Å². The van der Waals surface area contributed by atoms with Crippen molar-refractivity contribution >= 4 is 22.4 Å². The van der Waals surface area contributed by atoms with Crippen molar-refractivity contribution in [3.8, 4) is 0 Å². The first kappa shape index (κ1) is 12.0. The summed E-state index contributed by atoms with van der Waals surface area (Å²) in [6, 6.07) is 0.717. The van der Waals surface area contributed by atoms with Gasteiger partial charge in [0.1, 0.15) is 0 Å². The molecule has 2 atom stereocenters. The zero-order valence-electron chi connectivity index (χ0n) is 10.6. The Morgan fingerprint density at radius 3 is 3.17 bits per heavy atom. The topological polar surface area (TPSA) is 42.4 Å². The van der Waals surface area contributed by atoms with Crippen LogP contribution in [-0.2, 0) is 16.0 Å². The first-order valence-electron chi connectivity index (χ1n) is 6.54. The molecule has 4 nitrogen and oxygen atoms in total. The summed E-state index contributed by atoms with van der Waals surface area (Å²) in [6.45, 7) is 1.18. The van der Waals surface area contributed by atoms with Crippen LogP contribution in [0.25, 0.3) is 0 Å². The maximum Gasteiger partial charge on any atom is 0.305 e. The van der Waals surface area contributed by atoms with Gasteiger partial charge in [0.05, 0.1) is 19.2 Å². The standard InChI is InChI=1S/C13H18N2O2S/c1-17-12(16)5-3-10-8-18-13(14-10)15-7-9-2-4-11(15)6-9/h8-9,11H,2-7H2,1H3. The van der Waals surface area contributed by atoms with Crippen LogP contribution in [0.3, 0.4) is 0 Å². The summed E-state index contributed by atoms with van der Waals surface area (Å²) in [7, 11) is 1.43. The minimum absolute atomic E-state index is 0.162. The molecule has 18 heavy (non-hydrogen) atoms. The zero-order chi connectivity index (χ0) is 12.5. The van der Waals surface area contributed by atoms with E-state index in [2.05, 4.69) is 20.0 Å². The summed E-state index contributed by atoms with van der Waals surface area (Å²) in [5, 5.41) is 3.21. The van der Waals surface area contributed by atoms with E-state index in [1.54, 1.807) is 11.3 Å². The fourth-order valence-corrected chi connectivity index (χ4v) is 3.98. The molecule has 2 unspecified atom stereocenters. The molecule has 98 valence electrons. The van der Waals surface area contributed by atoms with Crippen LogP contribution in [0.2, 0.25) is 0 Å². The predicted octanol–water partition coefficient (Wildman–Crippen LogP) is 2.24. The number of hydrogen-bond donors (Lipinski definition) is 0. The van der Waals surface area contributed by atoms with Gasteiger partial charge in [0.2, 0.25) is 0 Å². The van der Waals surface area contributed by atoms with E-state index in [9.17, 15) is 4.79 Å². The van der Waals surface area contributed by atoms with E-state index in [0.717, 1.165) is 22.8 Å². The number of nitrogens with zero attached hydrogens (tertiary/aromatic N) is 2. The van der Waals surface area contributed by atoms with Gasteiger partial charge in [-0.05, 0) is 25.2 Å². The van der Waals surface area contributed by atoms with Crippen molar-refractivity contribution in [2.24, 2.45) is 5.92 Å². The second-order valence-corrected chi connectivity index (χ2v) is 6.02. The van der Waals surface area contributed by atoms with Crippen LogP contribution in [0, 0.1) is 5.92 Å². The summed E-state index contributed by atoms with van der Waals surface area (Å²) in [6.07, 6.45) is 5.16. The molecule has 0 radical (unpaired) electrons. The SMILES string of the molecule is COC(=O)CCc1csc(N2CC3CCC2C3)n1. The fourth-order valence-electron chi connectivity index (χ4n) is 3.03. The largest absolute Gasteiger partial charge is 0.469 e. The fraction of sp³-hybridized carbons (Fsp3) is 0.692. The highest BCUT2D eigenvalue weighted by atomic mass is 32.1. The van der Waals surface area contributed by atoms with E-state index in [0.29, 0.717) is 12.8 Å². The third-order valence-corrected chi connectivity index (χ3v) is 4.93. The second-order valence-electron chi connectivity index (χ2n) is 5.18. The Bertz CT molecular complexity index is 446. The number of carbonyl (C=O) groups is 1. The van der Waals surface area contributed by atoms with E-state index in [1.807, 2.05) is 0 Å². The number of fused-ring (bicyclic) bond motifs is 2. The van der Waals surface area contributed by atoms with Crippen LogP contribution in [0.1, 0.15) is 31.4 Å². The number of aryl methyl sites for hydroxylation is 1. The van der Waals surface area contributed by atoms with Crippen molar-refractivity contribution < 1.29 is 9.53 Å². The maximum atomic E-state index is 11.1. The Kier molecular flexibility index (Phi) is 3.24. The molecule has 1 aromatic rings. The number of thiazole rings is 1. The highest BCUT2D eigenvalue weighted by Gasteiger charge is 2.38. The molecule has 1 saturated carbocycles. The molecule has 2 fully saturated rings. The van der Waals surface area contributed by atoms with Gasteiger partial charge in [0.15, 0.2) is 5.13 Å². The van der Waals surface area contributed by atoms with Gasteiger partial charge >= 0.3 is 5.97 Å². The molecule has 1 aromatic heterocycles. The van der Waals surface area contributed by atoms with Crippen LogP contribution in [0.15, 0.2) is 5.38 Å². The van der Waals surface area contributed by atoms with Crippen LogP contribution in [-0.4, -0.2) is 30.6 Å². The van der Waals surface area contributed by atoms with E-state index >= 15 is 0 Å². The lowest BCUT2D eigenvalue weighted by atomic mass is 10.1. The van der Waals surface area contributed by atoms with Crippen molar-refractivity contribution in [3.63, 3.8) is 0 Å². The van der Waals surface area contributed by atoms with Gasteiger partial charge in [0.25, 0.3) is 0 Å². The summed E-state index contributed by atoms with van der Waals surface area (Å²) in [5.74, 6) is 0.724. The number of piperidine rings is 1. The monoisotopic (exact) mass is 266 g/mol. The third-order valence-electron chi connectivity index (χ3n) is 4.01. The van der Waals surface area contributed by atoms with Crippen LogP contribution >= 0.6 is 11.3 Å². The quantitative estimate of drug-likeness (QED) is 0.784. The molecule has 0 aromatic carbocycles. The number of methoxy groups -OCH3 is 1. The number of ether oxygens (including phenoxy) is 1. The van der Waals surface area contributed by atoms with Crippen LogP contribution in [0.5, 0.6) is 0 Å². The Balaban J connectivity index is 1.61. The minimum Gasteiger partial charge on any atom is -0.469 e. The summed E-state index contributed by atoms with van der Waals surface area (Å²) < 4.78 is 4.65. The molecular weight excluding hydrogens is 248 g/mol. The highest BCUT2D eigenvalue weighted by Crippen LogP contribution is 2.41. The first-order chi connectivity index (χ1) is 8.76. The molecular formula is C13H18N2O2S. The maximum absolute atomic E-state index is 11.1. The lowest BCUT2D eigenvalue weighted by molar-refractivity contribution is -0.140. The number of aromatic nitrogens is 1. The van der Waals surface area contributed by atoms with Crippen molar-refractivity contribution in [2.75, 3.05) is 18.6 Å². The van der Waals surface area contributed by atoms with E-state index < -0.39 is 0 Å². The van der Waals surface area contributed by atoms with Gasteiger partial charge in [-0.3, -0.25) is 4.79 Å². The van der Waals surface area contributed by atoms with Gasteiger partial charge in [-0.2, -0.15) is 0 Å². The molecule has 3 rings (SSSR count). The smallest absolute Gasteiger partial charge is 0.305 e. The molecule has 0 N–H and O–H groups in total. The highest BCUT2D eigenvalue weighted by molar-refractivity contribution is 7.13. The van der Waals surface area contributed by atoms with Gasteiger partial charge < -0.3 is 9.64 Å². The average molecular weight is 266 g/mol. The molecule has 2 aliphatic rings. The van der Waals surface area contributed by atoms with Crippen molar-refractivity contribution in [2.45, 2.75) is 38.1 Å². The van der Waals surface area contributed by atoms with Crippen molar-refractivity contribution in [3.05, 3.63) is 11.1 Å². The Morgan fingerprint density at radius 2 is 2.50 bits per heavy atom. The van der Waals surface area contributed by atoms with Gasteiger partial charge in [-0.25, -0.2) is 4.98 Å². The molecule has 0 amide bonds. The van der Waals surface area contributed by atoms with E-state index in [-0.39, 0.29) is 5.97 Å². The minimum atomic E-state index is -0.162. The summed E-state index contributed by atoms with van der Waals surface area (Å²) >= 11 is 1.71. The molecule has 1 aliphatic carbocycles. The Morgan fingerprint density at radius 1 is 1.61 bits per heavy atom. The van der Waals surface area contributed by atoms with Crippen molar-refractivity contribution in [1.29, 1.82) is 0 Å². The predicted molar refractivity (Wildman–Crippen MR) is 70.9 cm³/mol. The normalized spacial score (nSPS) is 25.7. The average Bonchev–Trinajstić information content (AvgIpc) is 3.10. The van der Waals surface area contributed by atoms with E-state index in [1.165, 1.54) is 32.9 Å². The Labute approximate surface area is 111 Å². The van der Waals surface area contributed by atoms with E-state index in [4.69, 9.17) is 0 Å². The molecule has 1 aliphatic heterocycles. The molecule has 2 bridgehead atoms. The lowest BCUT2D eigenvalue weighted by Gasteiger charge is -2.26. The lowest BCUT2D eigenvalue weighted by Crippen LogP contribution is -2.31. The van der Waals surface area contributed by atoms with Gasteiger partial charge in [0, 0.05) is 24.4 Å². The second kappa shape index (κ2) is 4.88. The van der Waals surface area contributed by atoms with Crippen molar-refractivity contribution in [1.82, 2.24) is 4.98 Å². The number of hydrogen-bond acceptors (Lipinski definition) is 5. The third kappa shape index (κ3) is 2.23. The first-order valence-corrected chi connectivity index (χ1v) is 7.42. The molecule has 1 saturated heterocycles. The molecule has 2 heterocycles. The summed E-state index contributed by atoms with van der Waals surface area (Å²) in [4.78, 5) is 18.2. The molecule has 0 spiro atoms.